The summed E-state index contributed by atoms with van der Waals surface area (Å²) in [5.41, 5.74) is 0.719. The number of phenols is 5. The van der Waals surface area contributed by atoms with E-state index in [1.54, 1.807) is 24.3 Å². The van der Waals surface area contributed by atoms with Crippen molar-refractivity contribution in [1.29, 1.82) is 0 Å². The summed E-state index contributed by atoms with van der Waals surface area (Å²) in [5, 5.41) is 46.7. The normalized spacial score (nSPS) is 17.6. The molecule has 3 aromatic rings. The van der Waals surface area contributed by atoms with Crippen molar-refractivity contribution >= 4 is 5.78 Å². The molecule has 182 valence electrons. The molecule has 1 aliphatic rings. The van der Waals surface area contributed by atoms with Crippen LogP contribution in [0, 0.1) is 0 Å². The zero-order chi connectivity index (χ0) is 25.7. The smallest absolute Gasteiger partial charge is 0.136 e. The van der Waals surface area contributed by atoms with E-state index in [1.165, 1.54) is 44.2 Å². The molecule has 7 heteroatoms. The Labute approximate surface area is 199 Å². The lowest BCUT2D eigenvalue weighted by atomic mass is 9.71. The van der Waals surface area contributed by atoms with Crippen LogP contribution in [0.5, 0.6) is 34.5 Å². The molecular formula is C27H32O7. The Morgan fingerprint density at radius 2 is 1.21 bits per heavy atom. The van der Waals surface area contributed by atoms with E-state index in [1.807, 2.05) is 13.0 Å². The van der Waals surface area contributed by atoms with E-state index in [0.717, 1.165) is 5.56 Å². The van der Waals surface area contributed by atoms with Gasteiger partial charge in [0.05, 0.1) is 0 Å². The molecule has 1 heterocycles. The Kier molecular flexibility index (Phi) is 8.05. The lowest BCUT2D eigenvalue weighted by molar-refractivity contribution is -0.115. The monoisotopic (exact) mass is 468 g/mol. The molecule has 34 heavy (non-hydrogen) atoms. The molecule has 0 saturated heterocycles. The number of Topliss-reactive ketones (excluding diaryl/α,β-unsaturated/α-hetero) is 1. The average Bonchev–Trinajstić information content (AvgIpc) is 2.66. The maximum atomic E-state index is 10.2. The summed E-state index contributed by atoms with van der Waals surface area (Å²) < 4.78 is 6.14. The molecule has 1 aliphatic heterocycles. The predicted octanol–water partition coefficient (Wildman–Crippen LogP) is 5.47. The standard InChI is InChI=1S/C18H20O4.C6H6O2.C3H6O/c1-17(2)10-18(3,13-6-4-11(19)8-15(13)21)22-16-9-12(20)5-7-14(16)17;7-5-2-1-3-6(8)4-5;1-3(2)4/h4-9,19-21H,10H2,1-3H3;1-4,7-8H;1-2H3. The van der Waals surface area contributed by atoms with Gasteiger partial charge in [0.15, 0.2) is 0 Å². The quantitative estimate of drug-likeness (QED) is 0.320. The molecule has 3 aromatic carbocycles. The van der Waals surface area contributed by atoms with Gasteiger partial charge in [0.2, 0.25) is 0 Å². The van der Waals surface area contributed by atoms with Crippen LogP contribution < -0.4 is 4.74 Å². The van der Waals surface area contributed by atoms with E-state index in [4.69, 9.17) is 14.9 Å². The highest BCUT2D eigenvalue weighted by Gasteiger charge is 2.44. The molecule has 5 N–H and O–H groups in total. The van der Waals surface area contributed by atoms with Gasteiger partial charge in [0.25, 0.3) is 0 Å². The van der Waals surface area contributed by atoms with Crippen molar-refractivity contribution in [2.45, 2.75) is 52.1 Å². The summed E-state index contributed by atoms with van der Waals surface area (Å²) in [6.07, 6.45) is 0.663. The van der Waals surface area contributed by atoms with E-state index < -0.39 is 5.60 Å². The first-order valence-corrected chi connectivity index (χ1v) is 10.7. The van der Waals surface area contributed by atoms with Gasteiger partial charge in [-0.05, 0) is 56.5 Å². The SMILES string of the molecule is CC(C)=O.CC1(C)CC(C)(c2ccc(O)cc2O)Oc2cc(O)ccc21.Oc1cccc(O)c1. The minimum absolute atomic E-state index is 0.00176. The van der Waals surface area contributed by atoms with Crippen LogP contribution in [0.1, 0.15) is 52.2 Å². The molecule has 0 amide bonds. The van der Waals surface area contributed by atoms with Crippen LogP contribution in [0.2, 0.25) is 0 Å². The molecule has 1 atom stereocenters. The van der Waals surface area contributed by atoms with Crippen LogP contribution in [0.25, 0.3) is 0 Å². The molecule has 4 rings (SSSR count). The number of carbonyl (C=O) groups excluding carboxylic acids is 1. The third kappa shape index (κ3) is 6.81. The number of benzene rings is 3. The molecule has 0 aromatic heterocycles. The minimum Gasteiger partial charge on any atom is -0.508 e. The van der Waals surface area contributed by atoms with E-state index >= 15 is 0 Å². The Morgan fingerprint density at radius 3 is 1.68 bits per heavy atom. The second kappa shape index (κ2) is 10.4. The highest BCUT2D eigenvalue weighted by atomic mass is 16.5. The second-order valence-electron chi connectivity index (χ2n) is 9.20. The summed E-state index contributed by atoms with van der Waals surface area (Å²) in [7, 11) is 0. The van der Waals surface area contributed by atoms with Crippen molar-refractivity contribution in [3.8, 4) is 34.5 Å². The third-order valence-corrected chi connectivity index (χ3v) is 5.19. The molecule has 0 spiro atoms. The van der Waals surface area contributed by atoms with Gasteiger partial charge in [-0.3, -0.25) is 0 Å². The first kappa shape index (κ1) is 26.4. The lowest BCUT2D eigenvalue weighted by Gasteiger charge is -2.44. The van der Waals surface area contributed by atoms with Gasteiger partial charge >= 0.3 is 0 Å². The Balaban J connectivity index is 0.000000281. The van der Waals surface area contributed by atoms with Crippen LogP contribution in [-0.2, 0) is 15.8 Å². The molecule has 7 nitrogen and oxygen atoms in total. The van der Waals surface area contributed by atoms with Gasteiger partial charge in [0, 0.05) is 35.7 Å². The molecule has 0 aliphatic carbocycles. The number of rotatable bonds is 1. The maximum absolute atomic E-state index is 10.2. The number of carbonyl (C=O) groups is 1. The number of fused-ring (bicyclic) bond motifs is 1. The fourth-order valence-electron chi connectivity index (χ4n) is 3.98. The minimum atomic E-state index is -0.748. The first-order valence-electron chi connectivity index (χ1n) is 10.7. The first-order chi connectivity index (χ1) is 15.7. The van der Waals surface area contributed by atoms with Crippen molar-refractivity contribution < 1.29 is 35.1 Å². The zero-order valence-electron chi connectivity index (χ0n) is 20.0. The maximum Gasteiger partial charge on any atom is 0.136 e. The van der Waals surface area contributed by atoms with Crippen LogP contribution >= 0.6 is 0 Å². The van der Waals surface area contributed by atoms with E-state index in [0.29, 0.717) is 17.7 Å². The molecular weight excluding hydrogens is 436 g/mol. The van der Waals surface area contributed by atoms with Crippen molar-refractivity contribution in [2.24, 2.45) is 0 Å². The number of ether oxygens (including phenoxy) is 1. The number of hydrogen-bond donors (Lipinski definition) is 5. The van der Waals surface area contributed by atoms with Crippen molar-refractivity contribution in [2.75, 3.05) is 0 Å². The van der Waals surface area contributed by atoms with Crippen molar-refractivity contribution in [3.05, 3.63) is 71.8 Å². The number of ketones is 1. The molecule has 1 unspecified atom stereocenters. The second-order valence-corrected chi connectivity index (χ2v) is 9.20. The Morgan fingerprint density at radius 1 is 0.735 bits per heavy atom. The fourth-order valence-corrected chi connectivity index (χ4v) is 3.98. The largest absolute Gasteiger partial charge is 0.508 e. The molecule has 0 saturated carbocycles. The van der Waals surface area contributed by atoms with E-state index in [-0.39, 0.29) is 39.9 Å². The number of aromatic hydroxyl groups is 5. The number of hydrogen-bond acceptors (Lipinski definition) is 7. The lowest BCUT2D eigenvalue weighted by Crippen LogP contribution is -2.41. The average molecular weight is 469 g/mol. The van der Waals surface area contributed by atoms with Crippen molar-refractivity contribution in [3.63, 3.8) is 0 Å². The van der Waals surface area contributed by atoms with Gasteiger partial charge in [-0.25, -0.2) is 0 Å². The predicted molar refractivity (Wildman–Crippen MR) is 130 cm³/mol. The van der Waals surface area contributed by atoms with Crippen LogP contribution in [-0.4, -0.2) is 31.3 Å². The number of phenolic OH excluding ortho intramolecular Hbond substituents is 5. The topological polar surface area (TPSA) is 127 Å². The summed E-state index contributed by atoms with van der Waals surface area (Å²) in [6.45, 7) is 9.19. The van der Waals surface area contributed by atoms with E-state index in [9.17, 15) is 20.1 Å². The molecule has 0 bridgehead atoms. The van der Waals surface area contributed by atoms with Crippen LogP contribution in [0.3, 0.4) is 0 Å². The summed E-state index contributed by atoms with van der Waals surface area (Å²) in [6, 6.07) is 15.5. The molecule has 0 radical (unpaired) electrons. The highest BCUT2D eigenvalue weighted by molar-refractivity contribution is 5.72. The highest BCUT2D eigenvalue weighted by Crippen LogP contribution is 2.51. The van der Waals surface area contributed by atoms with Gasteiger partial charge in [-0.2, -0.15) is 0 Å². The van der Waals surface area contributed by atoms with Gasteiger partial charge in [-0.1, -0.05) is 26.0 Å². The Hall–Kier alpha value is -3.87. The Bertz CT molecular complexity index is 1130. The van der Waals surface area contributed by atoms with Gasteiger partial charge < -0.3 is 35.1 Å². The van der Waals surface area contributed by atoms with E-state index in [2.05, 4.69) is 13.8 Å². The van der Waals surface area contributed by atoms with Crippen LogP contribution in [0.15, 0.2) is 60.7 Å². The third-order valence-electron chi connectivity index (χ3n) is 5.19. The molecule has 0 fully saturated rings. The van der Waals surface area contributed by atoms with Gasteiger partial charge in [-0.15, -0.1) is 0 Å². The van der Waals surface area contributed by atoms with Gasteiger partial charge in [0.1, 0.15) is 45.9 Å². The summed E-state index contributed by atoms with van der Waals surface area (Å²) in [5.74, 6) is 1.12. The zero-order valence-corrected chi connectivity index (χ0v) is 20.0. The summed E-state index contributed by atoms with van der Waals surface area (Å²) in [4.78, 5) is 9.44. The fraction of sp³-hybridized carbons (Fsp3) is 0.296. The summed E-state index contributed by atoms with van der Waals surface area (Å²) >= 11 is 0. The van der Waals surface area contributed by atoms with Crippen molar-refractivity contribution in [1.82, 2.24) is 0 Å². The van der Waals surface area contributed by atoms with Crippen LogP contribution in [0.4, 0.5) is 0 Å².